The Bertz CT molecular complexity index is 1270. The Balaban J connectivity index is 1.89. The Hall–Kier alpha value is -3.05. The second kappa shape index (κ2) is 8.00. The number of carbonyl (C=O) groups excluding carboxylic acids is 1. The van der Waals surface area contributed by atoms with E-state index in [-0.39, 0.29) is 16.2 Å². The molecule has 30 heavy (non-hydrogen) atoms. The lowest BCUT2D eigenvalue weighted by Gasteiger charge is -2.18. The number of hydrogen-bond acceptors (Lipinski definition) is 8. The van der Waals surface area contributed by atoms with Crippen molar-refractivity contribution in [2.45, 2.75) is 11.4 Å². The summed E-state index contributed by atoms with van der Waals surface area (Å²) in [5.41, 5.74) is 0.596. The topological polar surface area (TPSA) is 105 Å². The van der Waals surface area contributed by atoms with Crippen LogP contribution in [-0.4, -0.2) is 46.4 Å². The predicted molar refractivity (Wildman–Crippen MR) is 109 cm³/mol. The lowest BCUT2D eigenvalue weighted by atomic mass is 10.2. The molecule has 0 spiro atoms. The molecule has 1 aromatic heterocycles. The number of rotatable bonds is 5. The fourth-order valence-corrected chi connectivity index (χ4v) is 5.17. The zero-order valence-electron chi connectivity index (χ0n) is 16.2. The van der Waals surface area contributed by atoms with Crippen molar-refractivity contribution in [3.8, 4) is 17.2 Å². The van der Waals surface area contributed by atoms with E-state index in [1.165, 1.54) is 30.9 Å². The van der Waals surface area contributed by atoms with E-state index in [1.807, 2.05) is 0 Å². The Morgan fingerprint density at radius 2 is 1.80 bits per heavy atom. The fourth-order valence-electron chi connectivity index (χ4n) is 2.93. The predicted octanol–water partition coefficient (Wildman–Crippen LogP) is 1.95. The molecule has 0 aliphatic carbocycles. The molecule has 0 fully saturated rings. The second-order valence-electron chi connectivity index (χ2n) is 6.25. The Labute approximate surface area is 176 Å². The molecule has 0 bridgehead atoms. The summed E-state index contributed by atoms with van der Waals surface area (Å²) < 4.78 is 52.9. The molecule has 11 heteroatoms. The molecule has 1 aliphatic heterocycles. The number of esters is 1. The number of aromatic nitrogens is 1. The first-order valence-corrected chi connectivity index (χ1v) is 11.1. The van der Waals surface area contributed by atoms with E-state index in [2.05, 4.69) is 4.40 Å². The van der Waals surface area contributed by atoms with Gasteiger partial charge >= 0.3 is 5.97 Å². The quantitative estimate of drug-likeness (QED) is 0.547. The number of methoxy groups -OCH3 is 2. The van der Waals surface area contributed by atoms with Gasteiger partial charge in [0.15, 0.2) is 11.5 Å². The van der Waals surface area contributed by atoms with Crippen LogP contribution in [0.5, 0.6) is 17.2 Å². The fraction of sp³-hybridized carbons (Fsp3) is 0.263. The molecule has 158 valence electrons. The molecule has 2 heterocycles. The molecule has 9 nitrogen and oxygen atoms in total. The van der Waals surface area contributed by atoms with E-state index in [4.69, 9.17) is 18.9 Å². The van der Waals surface area contributed by atoms with Crippen LogP contribution in [0.15, 0.2) is 45.7 Å². The van der Waals surface area contributed by atoms with Crippen molar-refractivity contribution in [3.63, 3.8) is 0 Å². The van der Waals surface area contributed by atoms with Gasteiger partial charge in [-0.2, -0.15) is 8.42 Å². The van der Waals surface area contributed by atoms with Gasteiger partial charge in [0.05, 0.1) is 29.3 Å². The minimum absolute atomic E-state index is 0.0105. The molecule has 4 rings (SSSR count). The molecule has 0 amide bonds. The van der Waals surface area contributed by atoms with Crippen LogP contribution in [0.3, 0.4) is 0 Å². The van der Waals surface area contributed by atoms with E-state index in [1.54, 1.807) is 24.3 Å². The first kappa shape index (κ1) is 20.2. The van der Waals surface area contributed by atoms with E-state index in [9.17, 15) is 13.2 Å². The van der Waals surface area contributed by atoms with Crippen molar-refractivity contribution < 1.29 is 32.2 Å². The number of benzene rings is 2. The number of carbonyl (C=O) groups is 1. The first-order chi connectivity index (χ1) is 14.4. The summed E-state index contributed by atoms with van der Waals surface area (Å²) in [5.74, 6) is 1.08. The normalized spacial score (nSPS) is 14.0. The second-order valence-corrected chi connectivity index (χ2v) is 8.87. The maximum absolute atomic E-state index is 12.9. The highest BCUT2D eigenvalue weighted by molar-refractivity contribution is 7.90. The number of thiazole rings is 1. The van der Waals surface area contributed by atoms with Crippen LogP contribution < -0.4 is 19.0 Å². The molecule has 0 unspecified atom stereocenters. The maximum Gasteiger partial charge on any atom is 0.325 e. The lowest BCUT2D eigenvalue weighted by Crippen LogP contribution is -2.22. The number of nitrogens with zero attached hydrogens (tertiary/aromatic N) is 2. The summed E-state index contributed by atoms with van der Waals surface area (Å²) >= 11 is 1.13. The third-order valence-electron chi connectivity index (χ3n) is 4.42. The van der Waals surface area contributed by atoms with E-state index in [0.29, 0.717) is 40.7 Å². The lowest BCUT2D eigenvalue weighted by molar-refractivity contribution is -0.141. The van der Waals surface area contributed by atoms with Gasteiger partial charge in [-0.15, -0.1) is 4.40 Å². The summed E-state index contributed by atoms with van der Waals surface area (Å²) in [7, 11) is -1.27. The summed E-state index contributed by atoms with van der Waals surface area (Å²) in [4.78, 5) is 12.1. The average Bonchev–Trinajstić information content (AvgIpc) is 3.07. The van der Waals surface area contributed by atoms with Crippen LogP contribution in [-0.2, 0) is 26.1 Å². The molecule has 0 N–H and O–H groups in total. The molecule has 0 radical (unpaired) electrons. The molecule has 0 saturated heterocycles. The standard InChI is InChI=1S/C19H18N2O7S2/c1-25-12-3-5-13(6-4-12)30(23,24)20-19-21(11-18(22)26-2)14-9-15-16(10-17(14)29-19)28-8-7-27-15/h3-6,9-10H,7-8,11H2,1-2H3/b20-19-. The van der Waals surface area contributed by atoms with Gasteiger partial charge in [-0.3, -0.25) is 4.79 Å². The van der Waals surface area contributed by atoms with Gasteiger partial charge in [0.2, 0.25) is 4.80 Å². The molecule has 2 aromatic carbocycles. The molecule has 1 aliphatic rings. The summed E-state index contributed by atoms with van der Waals surface area (Å²) in [6.07, 6.45) is 0. The van der Waals surface area contributed by atoms with Crippen LogP contribution >= 0.6 is 11.3 Å². The van der Waals surface area contributed by atoms with Gasteiger partial charge in [-0.25, -0.2) is 0 Å². The minimum Gasteiger partial charge on any atom is -0.497 e. The summed E-state index contributed by atoms with van der Waals surface area (Å²) in [5, 5.41) is 0. The third-order valence-corrected chi connectivity index (χ3v) is 6.86. The summed E-state index contributed by atoms with van der Waals surface area (Å²) in [6.45, 7) is 0.630. The monoisotopic (exact) mass is 450 g/mol. The zero-order chi connectivity index (χ0) is 21.3. The maximum atomic E-state index is 12.9. The van der Waals surface area contributed by atoms with Crippen LogP contribution in [0.2, 0.25) is 0 Å². The number of fused-ring (bicyclic) bond motifs is 2. The van der Waals surface area contributed by atoms with Crippen LogP contribution in [0.1, 0.15) is 0 Å². The zero-order valence-corrected chi connectivity index (χ0v) is 17.8. The average molecular weight is 450 g/mol. The van der Waals surface area contributed by atoms with Crippen molar-refractivity contribution in [2.24, 2.45) is 4.40 Å². The van der Waals surface area contributed by atoms with Gasteiger partial charge in [-0.05, 0) is 24.3 Å². The largest absolute Gasteiger partial charge is 0.497 e. The summed E-state index contributed by atoms with van der Waals surface area (Å²) in [6, 6.07) is 9.37. The van der Waals surface area contributed by atoms with Gasteiger partial charge < -0.3 is 23.5 Å². The highest BCUT2D eigenvalue weighted by Crippen LogP contribution is 2.35. The molecule has 0 atom stereocenters. The molecular formula is C19H18N2O7S2. The van der Waals surface area contributed by atoms with Gasteiger partial charge in [0.25, 0.3) is 10.0 Å². The number of sulfonamides is 1. The van der Waals surface area contributed by atoms with E-state index in [0.717, 1.165) is 11.3 Å². The van der Waals surface area contributed by atoms with Crippen molar-refractivity contribution in [1.82, 2.24) is 4.57 Å². The van der Waals surface area contributed by atoms with Gasteiger partial charge in [0.1, 0.15) is 25.5 Å². The molecular weight excluding hydrogens is 432 g/mol. The smallest absolute Gasteiger partial charge is 0.325 e. The first-order valence-electron chi connectivity index (χ1n) is 8.86. The van der Waals surface area contributed by atoms with Crippen LogP contribution in [0, 0.1) is 0 Å². The SMILES string of the molecule is COC(=O)Cn1/c(=N/S(=O)(=O)c2ccc(OC)cc2)sc2cc3c(cc21)OCCO3. The number of ether oxygens (including phenoxy) is 4. The van der Waals surface area contributed by atoms with Crippen molar-refractivity contribution in [1.29, 1.82) is 0 Å². The highest BCUT2D eigenvalue weighted by atomic mass is 32.2. The van der Waals surface area contributed by atoms with E-state index < -0.39 is 16.0 Å². The highest BCUT2D eigenvalue weighted by Gasteiger charge is 2.20. The van der Waals surface area contributed by atoms with Crippen molar-refractivity contribution in [2.75, 3.05) is 27.4 Å². The number of hydrogen-bond donors (Lipinski definition) is 0. The van der Waals surface area contributed by atoms with Crippen molar-refractivity contribution in [3.05, 3.63) is 41.2 Å². The van der Waals surface area contributed by atoms with Crippen LogP contribution in [0.4, 0.5) is 0 Å². The van der Waals surface area contributed by atoms with Gasteiger partial charge in [0, 0.05) is 12.1 Å². The molecule has 3 aromatic rings. The Morgan fingerprint density at radius 3 is 2.43 bits per heavy atom. The van der Waals surface area contributed by atoms with Crippen molar-refractivity contribution >= 4 is 37.5 Å². The molecule has 0 saturated carbocycles. The Kier molecular flexibility index (Phi) is 5.39. The minimum atomic E-state index is -4.03. The van der Waals surface area contributed by atoms with E-state index >= 15 is 0 Å². The van der Waals surface area contributed by atoms with Crippen LogP contribution in [0.25, 0.3) is 10.2 Å². The Morgan fingerprint density at radius 1 is 1.13 bits per heavy atom. The van der Waals surface area contributed by atoms with Gasteiger partial charge in [-0.1, -0.05) is 11.3 Å². The third kappa shape index (κ3) is 3.85.